The number of hydrogen-bond acceptors (Lipinski definition) is 5. The number of nitrogens with one attached hydrogen (secondary N) is 2. The number of carbonyl (C=O) groups is 1. The Morgan fingerprint density at radius 3 is 3.00 bits per heavy atom. The zero-order valence-corrected chi connectivity index (χ0v) is 15.2. The molecule has 1 fully saturated rings. The Labute approximate surface area is 142 Å². The number of aryl methyl sites for hydroxylation is 1. The van der Waals surface area contributed by atoms with Crippen LogP contribution in [-0.4, -0.2) is 55.3 Å². The van der Waals surface area contributed by atoms with Gasteiger partial charge in [0, 0.05) is 32.8 Å². The van der Waals surface area contributed by atoms with Gasteiger partial charge >= 0.3 is 6.03 Å². The average Bonchev–Trinajstić information content (AvgIpc) is 2.67. The molecule has 23 heavy (non-hydrogen) atoms. The highest BCUT2D eigenvalue weighted by atomic mass is 32.1. The third kappa shape index (κ3) is 6.45. The van der Waals surface area contributed by atoms with Crippen LogP contribution in [0.3, 0.4) is 0 Å². The van der Waals surface area contributed by atoms with Crippen molar-refractivity contribution >= 4 is 22.4 Å². The van der Waals surface area contributed by atoms with E-state index in [2.05, 4.69) is 34.4 Å². The van der Waals surface area contributed by atoms with Crippen LogP contribution in [0.1, 0.15) is 31.0 Å². The molecule has 2 rings (SSSR count). The molecule has 0 radical (unpaired) electrons. The van der Waals surface area contributed by atoms with E-state index in [1.54, 1.807) is 0 Å². The molecule has 1 aromatic heterocycles. The number of carbonyl (C=O) groups excluding carboxylic acids is 1. The first-order valence-electron chi connectivity index (χ1n) is 8.36. The number of amides is 2. The highest BCUT2D eigenvalue weighted by molar-refractivity contribution is 7.16. The van der Waals surface area contributed by atoms with Crippen LogP contribution in [0.4, 0.5) is 9.80 Å². The normalized spacial score (nSPS) is 16.3. The molecule has 1 aromatic rings. The summed E-state index contributed by atoms with van der Waals surface area (Å²) < 4.78 is 5.43. The molecule has 1 saturated heterocycles. The Kier molecular flexibility index (Phi) is 7.26. The van der Waals surface area contributed by atoms with Crippen molar-refractivity contribution in [2.45, 2.75) is 33.6 Å². The summed E-state index contributed by atoms with van der Waals surface area (Å²) in [6.45, 7) is 11.4. The first kappa shape index (κ1) is 18.2. The molecule has 0 atom stereocenters. The van der Waals surface area contributed by atoms with E-state index in [4.69, 9.17) is 4.74 Å². The number of aromatic nitrogens is 1. The van der Waals surface area contributed by atoms with E-state index < -0.39 is 0 Å². The van der Waals surface area contributed by atoms with Crippen molar-refractivity contribution in [3.63, 3.8) is 0 Å². The number of anilines is 1. The van der Waals surface area contributed by atoms with Gasteiger partial charge in [0.2, 0.25) is 0 Å². The summed E-state index contributed by atoms with van der Waals surface area (Å²) in [6.07, 6.45) is 1.94. The average molecular weight is 340 g/mol. The molecular weight excluding hydrogens is 312 g/mol. The van der Waals surface area contributed by atoms with Gasteiger partial charge in [-0.15, -0.1) is 11.3 Å². The monoisotopic (exact) mass is 340 g/mol. The lowest BCUT2D eigenvalue weighted by Crippen LogP contribution is -2.38. The minimum Gasteiger partial charge on any atom is -0.380 e. The van der Waals surface area contributed by atoms with E-state index in [0.29, 0.717) is 12.5 Å². The van der Waals surface area contributed by atoms with E-state index in [9.17, 15) is 4.79 Å². The number of urea groups is 1. The van der Waals surface area contributed by atoms with Crippen molar-refractivity contribution in [1.29, 1.82) is 0 Å². The topological polar surface area (TPSA) is 66.5 Å². The van der Waals surface area contributed by atoms with Crippen LogP contribution in [0.25, 0.3) is 0 Å². The number of ether oxygens (including phenoxy) is 1. The highest BCUT2D eigenvalue weighted by Crippen LogP contribution is 2.26. The number of rotatable bonds is 6. The summed E-state index contributed by atoms with van der Waals surface area (Å²) in [5.74, 6) is 0.519. The van der Waals surface area contributed by atoms with Crippen LogP contribution in [0.5, 0.6) is 0 Å². The minimum atomic E-state index is -0.148. The fourth-order valence-electron chi connectivity index (χ4n) is 2.59. The quantitative estimate of drug-likeness (QED) is 0.835. The van der Waals surface area contributed by atoms with Crippen molar-refractivity contribution in [3.8, 4) is 0 Å². The lowest BCUT2D eigenvalue weighted by atomic mass is 10.1. The van der Waals surface area contributed by atoms with Gasteiger partial charge in [0.15, 0.2) is 0 Å². The second kappa shape index (κ2) is 9.20. The van der Waals surface area contributed by atoms with Crippen LogP contribution in [0, 0.1) is 12.8 Å². The number of hydrogen-bond donors (Lipinski definition) is 2. The molecule has 0 unspecified atom stereocenters. The second-order valence-corrected chi connectivity index (χ2v) is 7.50. The molecule has 0 aliphatic carbocycles. The number of nitrogens with zero attached hydrogens (tertiary/aromatic N) is 2. The molecule has 0 saturated carbocycles. The summed E-state index contributed by atoms with van der Waals surface area (Å²) in [5, 5.41) is 7.74. The maximum atomic E-state index is 12.1. The van der Waals surface area contributed by atoms with Gasteiger partial charge in [0.05, 0.1) is 17.3 Å². The predicted octanol–water partition coefficient (Wildman–Crippen LogP) is 2.49. The largest absolute Gasteiger partial charge is 0.380 e. The molecule has 2 amide bonds. The predicted molar refractivity (Wildman–Crippen MR) is 94.3 cm³/mol. The van der Waals surface area contributed by atoms with Gasteiger partial charge in [-0.1, -0.05) is 13.8 Å². The summed E-state index contributed by atoms with van der Waals surface area (Å²) in [6, 6.07) is -0.148. The zero-order valence-electron chi connectivity index (χ0n) is 14.4. The van der Waals surface area contributed by atoms with Gasteiger partial charge in [-0.05, 0) is 25.7 Å². The lowest BCUT2D eigenvalue weighted by Gasteiger charge is -2.19. The summed E-state index contributed by atoms with van der Waals surface area (Å²) in [5.41, 5.74) is 0.988. The Bertz CT molecular complexity index is 496. The SMILES string of the molecule is Cc1nc(CC(C)C)c(NC(=O)NCCN2CCCOCC2)s1. The molecule has 7 heteroatoms. The van der Waals surface area contributed by atoms with Crippen molar-refractivity contribution in [3.05, 3.63) is 10.7 Å². The van der Waals surface area contributed by atoms with Gasteiger partial charge < -0.3 is 10.1 Å². The van der Waals surface area contributed by atoms with E-state index in [1.165, 1.54) is 11.3 Å². The van der Waals surface area contributed by atoms with Crippen LogP contribution in [0.2, 0.25) is 0 Å². The summed E-state index contributed by atoms with van der Waals surface area (Å²) in [7, 11) is 0. The van der Waals surface area contributed by atoms with Crippen LogP contribution in [-0.2, 0) is 11.2 Å². The van der Waals surface area contributed by atoms with Crippen molar-refractivity contribution in [2.75, 3.05) is 44.7 Å². The van der Waals surface area contributed by atoms with Gasteiger partial charge in [0.25, 0.3) is 0 Å². The Balaban J connectivity index is 1.76. The molecule has 0 spiro atoms. The maximum Gasteiger partial charge on any atom is 0.319 e. The summed E-state index contributed by atoms with van der Waals surface area (Å²) >= 11 is 1.54. The maximum absolute atomic E-state index is 12.1. The molecule has 2 N–H and O–H groups in total. The first-order chi connectivity index (χ1) is 11.0. The fourth-order valence-corrected chi connectivity index (χ4v) is 3.43. The minimum absolute atomic E-state index is 0.148. The van der Waals surface area contributed by atoms with E-state index in [-0.39, 0.29) is 6.03 Å². The smallest absolute Gasteiger partial charge is 0.319 e. The lowest BCUT2D eigenvalue weighted by molar-refractivity contribution is 0.141. The summed E-state index contributed by atoms with van der Waals surface area (Å²) in [4.78, 5) is 18.9. The third-order valence-corrected chi connectivity index (χ3v) is 4.59. The molecule has 130 valence electrons. The van der Waals surface area contributed by atoms with E-state index in [0.717, 1.165) is 61.4 Å². The van der Waals surface area contributed by atoms with E-state index in [1.807, 2.05) is 6.92 Å². The van der Waals surface area contributed by atoms with Gasteiger partial charge in [-0.2, -0.15) is 0 Å². The van der Waals surface area contributed by atoms with Gasteiger partial charge in [-0.3, -0.25) is 10.2 Å². The van der Waals surface area contributed by atoms with Crippen molar-refractivity contribution < 1.29 is 9.53 Å². The molecular formula is C16H28N4O2S. The Hall–Kier alpha value is -1.18. The van der Waals surface area contributed by atoms with Gasteiger partial charge in [0.1, 0.15) is 5.00 Å². The van der Waals surface area contributed by atoms with Crippen LogP contribution >= 0.6 is 11.3 Å². The van der Waals surface area contributed by atoms with Crippen LogP contribution < -0.4 is 10.6 Å². The molecule has 1 aliphatic heterocycles. The van der Waals surface area contributed by atoms with Crippen molar-refractivity contribution in [2.24, 2.45) is 5.92 Å². The number of thiazole rings is 1. The molecule has 0 bridgehead atoms. The molecule has 2 heterocycles. The van der Waals surface area contributed by atoms with Crippen molar-refractivity contribution in [1.82, 2.24) is 15.2 Å². The van der Waals surface area contributed by atoms with E-state index >= 15 is 0 Å². The zero-order chi connectivity index (χ0) is 16.7. The standard InChI is InChI=1S/C16H28N4O2S/c1-12(2)11-14-15(23-13(3)18-14)19-16(21)17-5-7-20-6-4-9-22-10-8-20/h12H,4-11H2,1-3H3,(H2,17,19,21). The first-order valence-corrected chi connectivity index (χ1v) is 9.17. The highest BCUT2D eigenvalue weighted by Gasteiger charge is 2.14. The second-order valence-electron chi connectivity index (χ2n) is 6.30. The van der Waals surface area contributed by atoms with Gasteiger partial charge in [-0.25, -0.2) is 9.78 Å². The molecule has 1 aliphatic rings. The Morgan fingerprint density at radius 2 is 2.22 bits per heavy atom. The third-order valence-electron chi connectivity index (χ3n) is 3.66. The fraction of sp³-hybridized carbons (Fsp3) is 0.750. The Morgan fingerprint density at radius 1 is 1.39 bits per heavy atom. The molecule has 6 nitrogen and oxygen atoms in total. The molecule has 0 aromatic carbocycles. The van der Waals surface area contributed by atoms with Crippen LogP contribution in [0.15, 0.2) is 0 Å².